The number of ether oxygens (including phenoxy) is 1. The molecule has 1 aliphatic heterocycles. The third-order valence-corrected chi connectivity index (χ3v) is 3.61. The van der Waals surface area contributed by atoms with Crippen LogP contribution in [0.2, 0.25) is 0 Å². The van der Waals surface area contributed by atoms with Crippen LogP contribution in [0, 0.1) is 0 Å². The van der Waals surface area contributed by atoms with Crippen molar-refractivity contribution in [2.75, 3.05) is 30.8 Å². The van der Waals surface area contributed by atoms with Gasteiger partial charge in [0.25, 0.3) is 0 Å². The van der Waals surface area contributed by atoms with Gasteiger partial charge in [0.2, 0.25) is 0 Å². The molecule has 20 heavy (non-hydrogen) atoms. The molecule has 0 spiro atoms. The molecule has 106 valence electrons. The number of aliphatic hydroxyl groups is 1. The predicted molar refractivity (Wildman–Crippen MR) is 77.4 cm³/mol. The molecule has 1 aliphatic rings. The maximum Gasteiger partial charge on any atom is 0.169 e. The lowest BCUT2D eigenvalue weighted by Crippen LogP contribution is -2.42. The first-order valence-electron chi connectivity index (χ1n) is 6.73. The first kappa shape index (κ1) is 13.1. The quantitative estimate of drug-likeness (QED) is 0.778. The Balaban J connectivity index is 1.78. The van der Waals surface area contributed by atoms with E-state index in [1.807, 2.05) is 24.3 Å². The lowest BCUT2D eigenvalue weighted by Gasteiger charge is -2.32. The number of fused-ring (bicyclic) bond motifs is 1. The molecule has 0 unspecified atom stereocenters. The second-order valence-electron chi connectivity index (χ2n) is 5.14. The first-order chi connectivity index (χ1) is 9.66. The van der Waals surface area contributed by atoms with Crippen LogP contribution < -0.4 is 11.1 Å². The van der Waals surface area contributed by atoms with E-state index in [0.717, 1.165) is 11.0 Å². The van der Waals surface area contributed by atoms with Crippen LogP contribution in [0.1, 0.15) is 12.8 Å². The van der Waals surface area contributed by atoms with E-state index in [1.54, 1.807) is 0 Å². The van der Waals surface area contributed by atoms with Gasteiger partial charge in [-0.1, -0.05) is 12.1 Å². The van der Waals surface area contributed by atoms with Gasteiger partial charge in [-0.2, -0.15) is 0 Å². The SMILES string of the molecule is Nc1nc2ccccc2nc1NCC1(O)CCOCC1. The Morgan fingerprint density at radius 2 is 1.85 bits per heavy atom. The van der Waals surface area contributed by atoms with E-state index in [2.05, 4.69) is 15.3 Å². The average Bonchev–Trinajstić information content (AvgIpc) is 2.46. The van der Waals surface area contributed by atoms with Gasteiger partial charge in [-0.25, -0.2) is 9.97 Å². The molecule has 1 fully saturated rings. The number of anilines is 2. The zero-order chi connectivity index (χ0) is 14.0. The second kappa shape index (κ2) is 5.22. The molecule has 0 amide bonds. The summed E-state index contributed by atoms with van der Waals surface area (Å²) in [4.78, 5) is 8.76. The average molecular weight is 274 g/mol. The van der Waals surface area contributed by atoms with E-state index in [9.17, 15) is 5.11 Å². The largest absolute Gasteiger partial charge is 0.388 e. The molecule has 0 bridgehead atoms. The topological polar surface area (TPSA) is 93.3 Å². The number of nitrogens with zero attached hydrogens (tertiary/aromatic N) is 2. The van der Waals surface area contributed by atoms with Gasteiger partial charge in [0.15, 0.2) is 11.6 Å². The van der Waals surface area contributed by atoms with Gasteiger partial charge in [0.05, 0.1) is 16.6 Å². The van der Waals surface area contributed by atoms with Crippen LogP contribution in [0.5, 0.6) is 0 Å². The van der Waals surface area contributed by atoms with Crippen molar-refractivity contribution in [3.8, 4) is 0 Å². The molecule has 0 radical (unpaired) electrons. The van der Waals surface area contributed by atoms with Gasteiger partial charge in [0.1, 0.15) is 0 Å². The molecule has 2 aromatic rings. The van der Waals surface area contributed by atoms with Crippen molar-refractivity contribution < 1.29 is 9.84 Å². The van der Waals surface area contributed by atoms with Crippen LogP contribution in [-0.4, -0.2) is 40.4 Å². The molecule has 4 N–H and O–H groups in total. The van der Waals surface area contributed by atoms with Crippen molar-refractivity contribution in [3.05, 3.63) is 24.3 Å². The molecule has 1 aromatic heterocycles. The number of nitrogens with one attached hydrogen (secondary N) is 1. The number of hydrogen-bond donors (Lipinski definition) is 3. The van der Waals surface area contributed by atoms with E-state index in [-0.39, 0.29) is 0 Å². The zero-order valence-corrected chi connectivity index (χ0v) is 11.2. The van der Waals surface area contributed by atoms with Gasteiger partial charge >= 0.3 is 0 Å². The molecule has 0 atom stereocenters. The fourth-order valence-electron chi connectivity index (χ4n) is 2.32. The summed E-state index contributed by atoms with van der Waals surface area (Å²) in [7, 11) is 0. The van der Waals surface area contributed by atoms with E-state index in [4.69, 9.17) is 10.5 Å². The van der Waals surface area contributed by atoms with Gasteiger partial charge in [-0.15, -0.1) is 0 Å². The number of rotatable bonds is 3. The summed E-state index contributed by atoms with van der Waals surface area (Å²) in [5, 5.41) is 13.5. The van der Waals surface area contributed by atoms with Crippen molar-refractivity contribution in [3.63, 3.8) is 0 Å². The van der Waals surface area contributed by atoms with E-state index in [0.29, 0.717) is 44.2 Å². The van der Waals surface area contributed by atoms with Crippen molar-refractivity contribution in [2.24, 2.45) is 0 Å². The molecule has 6 nitrogen and oxygen atoms in total. The zero-order valence-electron chi connectivity index (χ0n) is 11.2. The molecule has 1 aromatic carbocycles. The van der Waals surface area contributed by atoms with Crippen LogP contribution in [0.25, 0.3) is 11.0 Å². The summed E-state index contributed by atoms with van der Waals surface area (Å²) in [5.74, 6) is 0.864. The Hall–Kier alpha value is -1.92. The summed E-state index contributed by atoms with van der Waals surface area (Å²) in [5.41, 5.74) is 6.68. The van der Waals surface area contributed by atoms with Crippen molar-refractivity contribution in [1.82, 2.24) is 9.97 Å². The molecule has 2 heterocycles. The van der Waals surface area contributed by atoms with E-state index < -0.39 is 5.60 Å². The van der Waals surface area contributed by atoms with Crippen LogP contribution in [0.15, 0.2) is 24.3 Å². The van der Waals surface area contributed by atoms with Crippen LogP contribution >= 0.6 is 0 Å². The molecule has 6 heteroatoms. The first-order valence-corrected chi connectivity index (χ1v) is 6.73. The molecule has 3 rings (SSSR count). The summed E-state index contributed by atoms with van der Waals surface area (Å²) >= 11 is 0. The predicted octanol–water partition coefficient (Wildman–Crippen LogP) is 1.17. The number of aromatic nitrogens is 2. The number of hydrogen-bond acceptors (Lipinski definition) is 6. The number of para-hydroxylation sites is 2. The summed E-state index contributed by atoms with van der Waals surface area (Å²) < 4.78 is 5.26. The van der Waals surface area contributed by atoms with Crippen LogP contribution in [-0.2, 0) is 4.74 Å². The summed E-state index contributed by atoms with van der Waals surface area (Å²) in [6.07, 6.45) is 1.22. The highest BCUT2D eigenvalue weighted by atomic mass is 16.5. The summed E-state index contributed by atoms with van der Waals surface area (Å²) in [6.45, 7) is 1.56. The fraction of sp³-hybridized carbons (Fsp3) is 0.429. The maximum absolute atomic E-state index is 10.4. The fourth-order valence-corrected chi connectivity index (χ4v) is 2.32. The summed E-state index contributed by atoms with van der Waals surface area (Å²) in [6, 6.07) is 7.56. The lowest BCUT2D eigenvalue weighted by atomic mass is 9.94. The van der Waals surface area contributed by atoms with Crippen LogP contribution in [0.3, 0.4) is 0 Å². The third kappa shape index (κ3) is 2.66. The van der Waals surface area contributed by atoms with E-state index >= 15 is 0 Å². The smallest absolute Gasteiger partial charge is 0.169 e. The normalized spacial score (nSPS) is 18.1. The minimum absolute atomic E-state index is 0.347. The maximum atomic E-state index is 10.4. The van der Waals surface area contributed by atoms with Crippen molar-refractivity contribution in [2.45, 2.75) is 18.4 Å². The molecular formula is C14H18N4O2. The highest BCUT2D eigenvalue weighted by Gasteiger charge is 2.29. The standard InChI is InChI=1S/C14H18N4O2/c15-12-13(16-9-14(19)5-7-20-8-6-14)18-11-4-2-1-3-10(11)17-12/h1-4,19H,5-9H2,(H2,15,17)(H,16,18). The Kier molecular flexibility index (Phi) is 3.42. The molecule has 1 saturated heterocycles. The second-order valence-corrected chi connectivity index (χ2v) is 5.14. The third-order valence-electron chi connectivity index (χ3n) is 3.61. The van der Waals surface area contributed by atoms with Crippen molar-refractivity contribution in [1.29, 1.82) is 0 Å². The molecule has 0 aliphatic carbocycles. The Labute approximate surface area is 117 Å². The monoisotopic (exact) mass is 274 g/mol. The van der Waals surface area contributed by atoms with Gasteiger partial charge in [-0.3, -0.25) is 0 Å². The highest BCUT2D eigenvalue weighted by molar-refractivity contribution is 5.79. The minimum Gasteiger partial charge on any atom is -0.388 e. The Morgan fingerprint density at radius 1 is 1.20 bits per heavy atom. The van der Waals surface area contributed by atoms with Gasteiger partial charge in [0, 0.05) is 32.6 Å². The van der Waals surface area contributed by atoms with E-state index in [1.165, 1.54) is 0 Å². The lowest BCUT2D eigenvalue weighted by molar-refractivity contribution is -0.0543. The van der Waals surface area contributed by atoms with Crippen molar-refractivity contribution >= 4 is 22.7 Å². The van der Waals surface area contributed by atoms with Crippen LogP contribution in [0.4, 0.5) is 11.6 Å². The number of benzene rings is 1. The molecule has 0 saturated carbocycles. The molecular weight excluding hydrogens is 256 g/mol. The number of nitrogen functional groups attached to an aromatic ring is 1. The number of nitrogens with two attached hydrogens (primary N) is 1. The van der Waals surface area contributed by atoms with Gasteiger partial charge < -0.3 is 20.9 Å². The minimum atomic E-state index is -0.766. The Morgan fingerprint density at radius 3 is 2.55 bits per heavy atom. The highest BCUT2D eigenvalue weighted by Crippen LogP contribution is 2.23. The van der Waals surface area contributed by atoms with Gasteiger partial charge in [-0.05, 0) is 12.1 Å². The Bertz CT molecular complexity index is 611.